The minimum absolute atomic E-state index is 0.0668. The highest BCUT2D eigenvalue weighted by Gasteiger charge is 2.28. The summed E-state index contributed by atoms with van der Waals surface area (Å²) >= 11 is 1.85. The lowest BCUT2D eigenvalue weighted by molar-refractivity contribution is 0.0946. The molecule has 0 bridgehead atoms. The second kappa shape index (κ2) is 6.99. The van der Waals surface area contributed by atoms with Crippen LogP contribution in [-0.2, 0) is 5.41 Å². The van der Waals surface area contributed by atoms with Gasteiger partial charge in [0.2, 0.25) is 0 Å². The maximum absolute atomic E-state index is 12.7. The second-order valence-electron chi connectivity index (χ2n) is 8.71. The van der Waals surface area contributed by atoms with Crippen LogP contribution in [0.4, 0.5) is 5.69 Å². The molecule has 6 heteroatoms. The SMILES string of the molecule is CC(C)(C)c1cc(C2CC2)cc2c(N)cc(C(=O)NC[C@@H]3CSCN3)nc12. The number of rotatable bonds is 4. The highest BCUT2D eigenvalue weighted by molar-refractivity contribution is 7.99. The van der Waals surface area contributed by atoms with Crippen molar-refractivity contribution in [2.24, 2.45) is 0 Å². The second-order valence-corrected chi connectivity index (χ2v) is 9.74. The topological polar surface area (TPSA) is 80.0 Å². The van der Waals surface area contributed by atoms with E-state index in [0.29, 0.717) is 29.9 Å². The molecule has 1 amide bonds. The summed E-state index contributed by atoms with van der Waals surface area (Å²) in [7, 11) is 0. The van der Waals surface area contributed by atoms with E-state index in [4.69, 9.17) is 10.7 Å². The number of amides is 1. The Morgan fingerprint density at radius 3 is 2.74 bits per heavy atom. The Balaban J connectivity index is 1.70. The molecule has 4 rings (SSSR count). The number of aromatic nitrogens is 1. The van der Waals surface area contributed by atoms with Crippen LogP contribution >= 0.6 is 11.8 Å². The molecule has 1 aliphatic heterocycles. The molecule has 5 nitrogen and oxygen atoms in total. The van der Waals surface area contributed by atoms with E-state index in [-0.39, 0.29) is 11.3 Å². The van der Waals surface area contributed by atoms with Gasteiger partial charge in [0, 0.05) is 35.3 Å². The highest BCUT2D eigenvalue weighted by Crippen LogP contribution is 2.43. The maximum atomic E-state index is 12.7. The van der Waals surface area contributed by atoms with Crippen molar-refractivity contribution in [2.75, 3.05) is 23.9 Å². The number of anilines is 1. The molecule has 0 spiro atoms. The van der Waals surface area contributed by atoms with Crippen molar-refractivity contribution in [2.45, 2.75) is 51.0 Å². The molecule has 1 atom stereocenters. The highest BCUT2D eigenvalue weighted by atomic mass is 32.2. The summed E-state index contributed by atoms with van der Waals surface area (Å²) in [6, 6.07) is 6.49. The molecular formula is C21H28N4OS. The van der Waals surface area contributed by atoms with Crippen LogP contribution in [-0.4, -0.2) is 35.1 Å². The first-order valence-electron chi connectivity index (χ1n) is 9.67. The minimum Gasteiger partial charge on any atom is -0.398 e. The monoisotopic (exact) mass is 384 g/mol. The Labute approximate surface area is 164 Å². The molecule has 1 aromatic heterocycles. The third-order valence-electron chi connectivity index (χ3n) is 5.36. The van der Waals surface area contributed by atoms with Gasteiger partial charge in [0.25, 0.3) is 5.91 Å². The summed E-state index contributed by atoms with van der Waals surface area (Å²) in [5.74, 6) is 2.45. The Morgan fingerprint density at radius 1 is 1.33 bits per heavy atom. The molecule has 144 valence electrons. The van der Waals surface area contributed by atoms with Gasteiger partial charge in [0.1, 0.15) is 5.69 Å². The van der Waals surface area contributed by atoms with E-state index in [1.54, 1.807) is 6.07 Å². The zero-order valence-electron chi connectivity index (χ0n) is 16.3. The summed E-state index contributed by atoms with van der Waals surface area (Å²) in [6.45, 7) is 7.17. The first-order valence-corrected chi connectivity index (χ1v) is 10.8. The molecule has 4 N–H and O–H groups in total. The lowest BCUT2D eigenvalue weighted by Crippen LogP contribution is -2.38. The van der Waals surface area contributed by atoms with Gasteiger partial charge in [-0.15, -0.1) is 11.8 Å². The lowest BCUT2D eigenvalue weighted by atomic mass is 9.83. The van der Waals surface area contributed by atoms with Crippen LogP contribution < -0.4 is 16.4 Å². The van der Waals surface area contributed by atoms with Gasteiger partial charge in [-0.3, -0.25) is 4.79 Å². The largest absolute Gasteiger partial charge is 0.398 e. The van der Waals surface area contributed by atoms with E-state index in [9.17, 15) is 4.79 Å². The van der Waals surface area contributed by atoms with Gasteiger partial charge < -0.3 is 16.4 Å². The van der Waals surface area contributed by atoms with Gasteiger partial charge in [0.05, 0.1) is 5.52 Å². The Kier molecular flexibility index (Phi) is 4.80. The van der Waals surface area contributed by atoms with Crippen LogP contribution in [0.2, 0.25) is 0 Å². The number of carbonyl (C=O) groups excluding carboxylic acids is 1. The molecule has 2 aliphatic rings. The molecule has 2 fully saturated rings. The predicted octanol–water partition coefficient (Wildman–Crippen LogP) is 3.38. The van der Waals surface area contributed by atoms with Crippen molar-refractivity contribution in [3.63, 3.8) is 0 Å². The van der Waals surface area contributed by atoms with Crippen LogP contribution in [0.1, 0.15) is 61.1 Å². The number of hydrogen-bond donors (Lipinski definition) is 3. The number of fused-ring (bicyclic) bond motifs is 1. The number of carbonyl (C=O) groups is 1. The molecule has 1 aliphatic carbocycles. The van der Waals surface area contributed by atoms with Crippen molar-refractivity contribution in [3.05, 3.63) is 35.0 Å². The molecule has 27 heavy (non-hydrogen) atoms. The summed E-state index contributed by atoms with van der Waals surface area (Å²) in [5, 5.41) is 7.32. The van der Waals surface area contributed by atoms with Gasteiger partial charge in [-0.05, 0) is 47.4 Å². The minimum atomic E-state index is -0.159. The van der Waals surface area contributed by atoms with Crippen molar-refractivity contribution in [1.82, 2.24) is 15.6 Å². The van der Waals surface area contributed by atoms with Crippen LogP contribution in [0, 0.1) is 0 Å². The average molecular weight is 385 g/mol. The molecule has 1 saturated carbocycles. The molecule has 1 aromatic carbocycles. The fourth-order valence-electron chi connectivity index (χ4n) is 3.59. The van der Waals surface area contributed by atoms with E-state index in [1.165, 1.54) is 18.4 Å². The lowest BCUT2D eigenvalue weighted by Gasteiger charge is -2.23. The Bertz CT molecular complexity index is 880. The van der Waals surface area contributed by atoms with Crippen LogP contribution in [0.3, 0.4) is 0 Å². The average Bonchev–Trinajstić information content (AvgIpc) is 3.34. The zero-order valence-corrected chi connectivity index (χ0v) is 17.1. The van der Waals surface area contributed by atoms with Crippen molar-refractivity contribution < 1.29 is 4.79 Å². The van der Waals surface area contributed by atoms with Gasteiger partial charge in [-0.2, -0.15) is 0 Å². The Hall–Kier alpha value is -1.79. The number of nitrogens with one attached hydrogen (secondary N) is 2. The summed E-state index contributed by atoms with van der Waals surface area (Å²) in [5.41, 5.74) is 10.7. The fraction of sp³-hybridized carbons (Fsp3) is 0.524. The van der Waals surface area contributed by atoms with E-state index < -0.39 is 0 Å². The normalized spacial score (nSPS) is 20.2. The number of nitrogens with two attached hydrogens (primary N) is 1. The van der Waals surface area contributed by atoms with Crippen molar-refractivity contribution >= 4 is 34.3 Å². The molecule has 0 unspecified atom stereocenters. The van der Waals surface area contributed by atoms with Crippen LogP contribution in [0.15, 0.2) is 18.2 Å². The zero-order chi connectivity index (χ0) is 19.2. The van der Waals surface area contributed by atoms with Gasteiger partial charge in [-0.25, -0.2) is 4.98 Å². The number of hydrogen-bond acceptors (Lipinski definition) is 5. The summed E-state index contributed by atoms with van der Waals surface area (Å²) in [6.07, 6.45) is 2.49. The van der Waals surface area contributed by atoms with E-state index in [1.807, 2.05) is 11.8 Å². The quantitative estimate of drug-likeness (QED) is 0.753. The van der Waals surface area contributed by atoms with E-state index >= 15 is 0 Å². The fourth-order valence-corrected chi connectivity index (χ4v) is 4.58. The van der Waals surface area contributed by atoms with Crippen molar-refractivity contribution in [1.29, 1.82) is 0 Å². The molecular weight excluding hydrogens is 356 g/mol. The predicted molar refractivity (Wildman–Crippen MR) is 113 cm³/mol. The van der Waals surface area contributed by atoms with E-state index in [0.717, 1.165) is 28.1 Å². The summed E-state index contributed by atoms with van der Waals surface area (Å²) in [4.78, 5) is 17.4. The first-order chi connectivity index (χ1) is 12.8. The third-order valence-corrected chi connectivity index (χ3v) is 6.37. The smallest absolute Gasteiger partial charge is 0.270 e. The van der Waals surface area contributed by atoms with Gasteiger partial charge >= 0.3 is 0 Å². The van der Waals surface area contributed by atoms with Crippen LogP contribution in [0.5, 0.6) is 0 Å². The number of pyridine rings is 1. The van der Waals surface area contributed by atoms with Crippen molar-refractivity contribution in [3.8, 4) is 0 Å². The molecule has 2 heterocycles. The summed E-state index contributed by atoms with van der Waals surface area (Å²) < 4.78 is 0. The number of thioether (sulfide) groups is 1. The first kappa shape index (κ1) is 18.6. The molecule has 0 radical (unpaired) electrons. The standard InChI is InChI=1S/C21H28N4OS/c1-21(2,3)16-7-13(12-4-5-12)6-15-17(22)8-18(25-19(15)16)20(26)23-9-14-10-27-11-24-14/h6-8,12,14,24H,4-5,9-11H2,1-3H3,(H2,22,25)(H,23,26)/t14-/m1/s1. The van der Waals surface area contributed by atoms with E-state index in [2.05, 4.69) is 43.5 Å². The molecule has 2 aromatic rings. The van der Waals surface area contributed by atoms with Gasteiger partial charge in [0.15, 0.2) is 0 Å². The molecule has 1 saturated heterocycles. The Morgan fingerprint density at radius 2 is 2.11 bits per heavy atom. The maximum Gasteiger partial charge on any atom is 0.270 e. The van der Waals surface area contributed by atoms with Crippen LogP contribution in [0.25, 0.3) is 10.9 Å². The number of nitrogen functional groups attached to an aromatic ring is 1. The number of benzene rings is 1. The number of nitrogens with zero attached hydrogens (tertiary/aromatic N) is 1. The third kappa shape index (κ3) is 3.92. The van der Waals surface area contributed by atoms with Gasteiger partial charge in [-0.1, -0.05) is 26.8 Å².